The van der Waals surface area contributed by atoms with Crippen LogP contribution in [0.4, 0.5) is 0 Å². The first-order valence-electron chi connectivity index (χ1n) is 6.95. The van der Waals surface area contributed by atoms with Crippen molar-refractivity contribution in [2.24, 2.45) is 5.41 Å². The van der Waals surface area contributed by atoms with E-state index in [1.807, 2.05) is 18.4 Å². The molecule has 0 amide bonds. The van der Waals surface area contributed by atoms with Crippen LogP contribution < -0.4 is 0 Å². The van der Waals surface area contributed by atoms with Crippen molar-refractivity contribution < 1.29 is 0 Å². The number of thiazole rings is 1. The summed E-state index contributed by atoms with van der Waals surface area (Å²) in [4.78, 5) is 9.09. The summed E-state index contributed by atoms with van der Waals surface area (Å²) in [6.45, 7) is 6.61. The fourth-order valence-electron chi connectivity index (χ4n) is 2.52. The van der Waals surface area contributed by atoms with Crippen molar-refractivity contribution in [2.75, 3.05) is 0 Å². The molecule has 1 aliphatic carbocycles. The van der Waals surface area contributed by atoms with E-state index >= 15 is 0 Å². The highest BCUT2D eigenvalue weighted by Gasteiger charge is 2.25. The van der Waals surface area contributed by atoms with E-state index in [1.54, 1.807) is 11.3 Å². The van der Waals surface area contributed by atoms with Gasteiger partial charge in [0.1, 0.15) is 5.69 Å². The number of rotatable bonds is 0. The molecule has 0 atom stereocenters. The van der Waals surface area contributed by atoms with Crippen molar-refractivity contribution in [1.82, 2.24) is 9.97 Å². The topological polar surface area (TPSA) is 25.8 Å². The molecule has 0 bridgehead atoms. The second-order valence-electron chi connectivity index (χ2n) is 6.19. The molecule has 0 saturated carbocycles. The van der Waals surface area contributed by atoms with Crippen LogP contribution in [0.2, 0.25) is 0 Å². The normalized spacial score (nSPS) is 16.1. The van der Waals surface area contributed by atoms with E-state index in [2.05, 4.69) is 36.7 Å². The zero-order chi connectivity index (χ0) is 14.2. The van der Waals surface area contributed by atoms with Gasteiger partial charge in [-0.1, -0.05) is 19.9 Å². The number of pyridine rings is 1. The summed E-state index contributed by atoms with van der Waals surface area (Å²) in [6, 6.07) is 4.22. The van der Waals surface area contributed by atoms with Gasteiger partial charge in [0.25, 0.3) is 0 Å². The first kappa shape index (κ1) is 13.3. The first-order valence-corrected chi connectivity index (χ1v) is 7.83. The zero-order valence-electron chi connectivity index (χ0n) is 12.2. The molecule has 0 N–H and O–H groups in total. The Labute approximate surface area is 124 Å². The molecule has 3 heteroatoms. The summed E-state index contributed by atoms with van der Waals surface area (Å²) >= 11 is 1.58. The minimum Gasteiger partial charge on any atom is -0.244 e. The van der Waals surface area contributed by atoms with Gasteiger partial charge in [0.05, 0.1) is 0 Å². The maximum Gasteiger partial charge on any atom is 0.167 e. The van der Waals surface area contributed by atoms with E-state index in [0.29, 0.717) is 5.41 Å². The molecule has 0 unspecified atom stereocenters. The molecule has 1 aliphatic rings. The van der Waals surface area contributed by atoms with Crippen molar-refractivity contribution in [2.45, 2.75) is 40.0 Å². The number of fused-ring (bicyclic) bond motifs is 1. The number of aryl methyl sites for hydroxylation is 2. The van der Waals surface area contributed by atoms with Gasteiger partial charge in [0.15, 0.2) is 5.01 Å². The van der Waals surface area contributed by atoms with Crippen molar-refractivity contribution in [1.29, 1.82) is 0 Å². The molecule has 2 nitrogen and oxygen atoms in total. The van der Waals surface area contributed by atoms with Crippen LogP contribution >= 0.6 is 11.3 Å². The quantitative estimate of drug-likeness (QED) is 0.688. The lowest BCUT2D eigenvalue weighted by molar-refractivity contribution is 0.310. The summed E-state index contributed by atoms with van der Waals surface area (Å²) in [6.07, 6.45) is 3.42. The second kappa shape index (κ2) is 5.03. The summed E-state index contributed by atoms with van der Waals surface area (Å²) in [5.74, 6) is 6.24. The lowest BCUT2D eigenvalue weighted by atomic mass is 9.76. The highest BCUT2D eigenvalue weighted by molar-refractivity contribution is 7.10. The molecule has 0 aliphatic heterocycles. The number of hydrogen-bond donors (Lipinski definition) is 0. The number of hydrogen-bond acceptors (Lipinski definition) is 3. The van der Waals surface area contributed by atoms with E-state index in [0.717, 1.165) is 29.2 Å². The molecule has 0 spiro atoms. The van der Waals surface area contributed by atoms with Crippen LogP contribution in [0.3, 0.4) is 0 Å². The minimum absolute atomic E-state index is 0.360. The molecule has 0 radical (unpaired) electrons. The smallest absolute Gasteiger partial charge is 0.167 e. The highest BCUT2D eigenvalue weighted by Crippen LogP contribution is 2.33. The second-order valence-corrected chi connectivity index (χ2v) is 7.05. The van der Waals surface area contributed by atoms with Crippen LogP contribution in [-0.2, 0) is 12.8 Å². The zero-order valence-corrected chi connectivity index (χ0v) is 13.0. The van der Waals surface area contributed by atoms with E-state index in [1.165, 1.54) is 17.7 Å². The van der Waals surface area contributed by atoms with Gasteiger partial charge in [0, 0.05) is 16.8 Å². The lowest BCUT2D eigenvalue weighted by Gasteiger charge is -2.30. The maximum atomic E-state index is 4.73. The summed E-state index contributed by atoms with van der Waals surface area (Å²) in [5.41, 5.74) is 4.86. The minimum atomic E-state index is 0.360. The predicted octanol–water partition coefficient (Wildman–Crippen LogP) is 3.76. The molecule has 3 rings (SSSR count). The van der Waals surface area contributed by atoms with Crippen LogP contribution in [0.15, 0.2) is 17.5 Å². The van der Waals surface area contributed by atoms with Gasteiger partial charge in [-0.3, -0.25) is 0 Å². The third-order valence-corrected chi connectivity index (χ3v) is 4.58. The van der Waals surface area contributed by atoms with Crippen LogP contribution in [0.1, 0.15) is 47.9 Å². The molecular weight excluding hydrogens is 264 g/mol. The molecular formula is C17H18N2S. The molecule has 0 fully saturated rings. The van der Waals surface area contributed by atoms with Crippen molar-refractivity contribution >= 4 is 11.3 Å². The highest BCUT2D eigenvalue weighted by atomic mass is 32.1. The van der Waals surface area contributed by atoms with Gasteiger partial charge in [-0.2, -0.15) is 0 Å². The van der Waals surface area contributed by atoms with Crippen LogP contribution in [0, 0.1) is 24.2 Å². The average Bonchev–Trinajstić information content (AvgIpc) is 2.80. The van der Waals surface area contributed by atoms with Crippen molar-refractivity contribution in [3.05, 3.63) is 45.2 Å². The molecule has 0 saturated heterocycles. The molecule has 2 heterocycles. The van der Waals surface area contributed by atoms with Crippen molar-refractivity contribution in [3.8, 4) is 11.8 Å². The molecule has 2 aromatic rings. The summed E-state index contributed by atoms with van der Waals surface area (Å²) in [7, 11) is 0. The predicted molar refractivity (Wildman–Crippen MR) is 82.9 cm³/mol. The molecule has 102 valence electrons. The Hall–Kier alpha value is -1.66. The van der Waals surface area contributed by atoms with Gasteiger partial charge in [-0.25, -0.2) is 9.97 Å². The fourth-order valence-corrected chi connectivity index (χ4v) is 3.17. The summed E-state index contributed by atoms with van der Waals surface area (Å²) in [5, 5.41) is 2.88. The Morgan fingerprint density at radius 3 is 2.80 bits per heavy atom. The summed E-state index contributed by atoms with van der Waals surface area (Å²) < 4.78 is 0. The fraction of sp³-hybridized carbons (Fsp3) is 0.412. The largest absolute Gasteiger partial charge is 0.244 e. The van der Waals surface area contributed by atoms with Gasteiger partial charge in [-0.05, 0) is 55.1 Å². The Kier molecular flexibility index (Phi) is 3.35. The van der Waals surface area contributed by atoms with E-state index in [-0.39, 0.29) is 0 Å². The third-order valence-electron chi connectivity index (χ3n) is 3.70. The van der Waals surface area contributed by atoms with E-state index < -0.39 is 0 Å². The SMILES string of the molecule is Cc1csc(C#Cc2ccc3c(n2)CC(C)(C)CC3)n1. The number of nitrogens with zero attached hydrogens (tertiary/aromatic N) is 2. The lowest BCUT2D eigenvalue weighted by Crippen LogP contribution is -2.23. The molecule has 2 aromatic heterocycles. The van der Waals surface area contributed by atoms with E-state index in [4.69, 9.17) is 4.98 Å². The molecule has 0 aromatic carbocycles. The monoisotopic (exact) mass is 282 g/mol. The van der Waals surface area contributed by atoms with E-state index in [9.17, 15) is 0 Å². The van der Waals surface area contributed by atoms with Gasteiger partial charge in [-0.15, -0.1) is 11.3 Å². The standard InChI is InChI=1S/C17H18N2S/c1-12-11-20-16(18-12)7-6-14-5-4-13-8-9-17(2,3)10-15(13)19-14/h4-5,11H,8-10H2,1-3H3. The van der Waals surface area contributed by atoms with Crippen LogP contribution in [0.5, 0.6) is 0 Å². The molecule has 20 heavy (non-hydrogen) atoms. The van der Waals surface area contributed by atoms with Crippen LogP contribution in [0.25, 0.3) is 0 Å². The van der Waals surface area contributed by atoms with Crippen molar-refractivity contribution in [3.63, 3.8) is 0 Å². The Bertz CT molecular complexity index is 701. The average molecular weight is 282 g/mol. The number of aromatic nitrogens is 2. The third kappa shape index (κ3) is 2.91. The Morgan fingerprint density at radius 2 is 2.05 bits per heavy atom. The Balaban J connectivity index is 1.88. The van der Waals surface area contributed by atoms with Gasteiger partial charge < -0.3 is 0 Å². The van der Waals surface area contributed by atoms with Crippen LogP contribution in [-0.4, -0.2) is 9.97 Å². The first-order chi connectivity index (χ1) is 9.52. The Morgan fingerprint density at radius 1 is 1.20 bits per heavy atom. The van der Waals surface area contributed by atoms with Gasteiger partial charge in [0.2, 0.25) is 0 Å². The van der Waals surface area contributed by atoms with Gasteiger partial charge >= 0.3 is 0 Å². The maximum absolute atomic E-state index is 4.73.